The molecular formula is C8H9I2OZn. The first kappa shape index (κ1) is 13.3. The average molecular weight is 440 g/mol. The number of halogens is 2. The first-order valence-corrected chi connectivity index (χ1v) is 21.5. The minimum absolute atomic E-state index is 0.0650. The summed E-state index contributed by atoms with van der Waals surface area (Å²) in [5, 5.41) is 0. The summed E-state index contributed by atoms with van der Waals surface area (Å²) >= 11 is 4.93. The number of hydrogen-bond acceptors (Lipinski definition) is 1. The monoisotopic (exact) mass is 439 g/mol. The van der Waals surface area contributed by atoms with Crippen molar-refractivity contribution in [1.29, 1.82) is 0 Å². The molecule has 1 nitrogen and oxygen atoms in total. The second kappa shape index (κ2) is 10.3. The van der Waals surface area contributed by atoms with Gasteiger partial charge < -0.3 is 4.74 Å². The van der Waals surface area contributed by atoms with Crippen molar-refractivity contribution in [1.82, 2.24) is 0 Å². The van der Waals surface area contributed by atoms with E-state index >= 15 is 0 Å². The Balaban J connectivity index is 0.000000354. The molecule has 1 rings (SSSR count). The Kier molecular flexibility index (Phi) is 11.4. The van der Waals surface area contributed by atoms with Crippen LogP contribution in [0.2, 0.25) is 0 Å². The van der Waals surface area contributed by atoms with E-state index in [0.29, 0.717) is 6.61 Å². The molecular weight excluding hydrogens is 431 g/mol. The molecule has 4 heteroatoms. The predicted molar refractivity (Wildman–Crippen MR) is 64.6 cm³/mol. The summed E-state index contributed by atoms with van der Waals surface area (Å²) in [5.41, 5.74) is 1.16. The van der Waals surface area contributed by atoms with Gasteiger partial charge in [0.1, 0.15) is 0 Å². The molecule has 0 heterocycles. The molecule has 0 atom stereocenters. The van der Waals surface area contributed by atoms with E-state index in [4.69, 9.17) is 0 Å². The van der Waals surface area contributed by atoms with Crippen LogP contribution in [0.25, 0.3) is 0 Å². The van der Waals surface area contributed by atoms with E-state index < -0.39 is 0 Å². The Morgan fingerprint density at radius 1 is 1.25 bits per heavy atom. The fraction of sp³-hybridized carbons (Fsp3) is 0.125. The van der Waals surface area contributed by atoms with Crippen LogP contribution in [0.3, 0.4) is 0 Å². The van der Waals surface area contributed by atoms with Gasteiger partial charge in [-0.1, -0.05) is 30.3 Å². The second-order valence-electron chi connectivity index (χ2n) is 1.94. The molecule has 0 amide bonds. The van der Waals surface area contributed by atoms with E-state index in [2.05, 4.69) is 51.3 Å². The molecule has 0 spiro atoms. The molecule has 0 saturated heterocycles. The molecule has 0 saturated carbocycles. The van der Waals surface area contributed by atoms with Gasteiger partial charge in [-0.15, -0.1) is 0 Å². The van der Waals surface area contributed by atoms with Crippen molar-refractivity contribution >= 4 is 39.5 Å². The van der Waals surface area contributed by atoms with Crippen LogP contribution in [0, 0.1) is 7.11 Å². The van der Waals surface area contributed by atoms with Crippen molar-refractivity contribution in [3.63, 3.8) is 0 Å². The zero-order valence-corrected chi connectivity index (χ0v) is 14.0. The fourth-order valence-corrected chi connectivity index (χ4v) is 0.692. The van der Waals surface area contributed by atoms with Crippen molar-refractivity contribution < 1.29 is 14.8 Å². The number of ether oxygens (including phenoxy) is 1. The molecule has 1 aromatic rings. The maximum atomic E-state index is 4.68. The molecule has 0 N–H and O–H groups in total. The molecule has 0 fully saturated rings. The first-order valence-electron chi connectivity index (χ1n) is 3.38. The zero-order valence-electron chi connectivity index (χ0n) is 6.67. The summed E-state index contributed by atoms with van der Waals surface area (Å²) in [7, 11) is 3.35. The van der Waals surface area contributed by atoms with Gasteiger partial charge in [-0.25, -0.2) is 0 Å². The van der Waals surface area contributed by atoms with E-state index in [1.807, 2.05) is 30.3 Å². The van der Waals surface area contributed by atoms with Crippen LogP contribution in [0.15, 0.2) is 30.3 Å². The van der Waals surface area contributed by atoms with Crippen LogP contribution in [-0.4, -0.2) is 0 Å². The van der Waals surface area contributed by atoms with E-state index in [9.17, 15) is 0 Å². The molecule has 0 bridgehead atoms. The standard InChI is InChI=1S/C8H9O.2HI.Zn/c1-9-7-8-5-3-2-4-6-8;;;/h2-6H,1,7H2;2*1H;/q;;;+2/p-2. The van der Waals surface area contributed by atoms with Crippen LogP contribution in [-0.2, 0) is 21.4 Å². The molecule has 0 unspecified atom stereocenters. The predicted octanol–water partition coefficient (Wildman–Crippen LogP) is 3.76. The topological polar surface area (TPSA) is 9.23 Å². The van der Waals surface area contributed by atoms with Gasteiger partial charge in [0.05, 0.1) is 13.7 Å². The third kappa shape index (κ3) is 7.89. The Bertz CT molecular complexity index is 182. The minimum atomic E-state index is 0.0650. The first-order chi connectivity index (χ1) is 5.85. The van der Waals surface area contributed by atoms with Crippen LogP contribution in [0.5, 0.6) is 0 Å². The summed E-state index contributed by atoms with van der Waals surface area (Å²) in [5.74, 6) is 0. The van der Waals surface area contributed by atoms with E-state index in [1.54, 1.807) is 0 Å². The molecule has 1 radical (unpaired) electrons. The van der Waals surface area contributed by atoms with Crippen LogP contribution in [0.4, 0.5) is 0 Å². The van der Waals surface area contributed by atoms with Crippen molar-refractivity contribution in [3.05, 3.63) is 43.0 Å². The van der Waals surface area contributed by atoms with Gasteiger partial charge in [0.15, 0.2) is 0 Å². The van der Waals surface area contributed by atoms with Crippen molar-refractivity contribution in [2.75, 3.05) is 0 Å². The summed E-state index contributed by atoms with van der Waals surface area (Å²) in [6.07, 6.45) is 0. The van der Waals surface area contributed by atoms with Crippen molar-refractivity contribution in [2.45, 2.75) is 6.61 Å². The van der Waals surface area contributed by atoms with Gasteiger partial charge in [0, 0.05) is 0 Å². The van der Waals surface area contributed by atoms with E-state index in [1.165, 1.54) is 0 Å². The quantitative estimate of drug-likeness (QED) is 0.503. The maximum absolute atomic E-state index is 4.68. The second-order valence-corrected chi connectivity index (χ2v) is 25.5. The molecule has 12 heavy (non-hydrogen) atoms. The third-order valence-corrected chi connectivity index (χ3v) is 1.11. The van der Waals surface area contributed by atoms with Crippen LogP contribution >= 0.6 is 39.5 Å². The SMILES string of the molecule is [CH2]OCc1ccccc1.[I][Zn][I]. The van der Waals surface area contributed by atoms with E-state index in [0.717, 1.165) is 5.56 Å². The van der Waals surface area contributed by atoms with Crippen LogP contribution in [0.1, 0.15) is 5.56 Å². The number of benzene rings is 1. The van der Waals surface area contributed by atoms with Crippen molar-refractivity contribution in [3.8, 4) is 0 Å². The molecule has 0 aliphatic heterocycles. The molecule has 0 aliphatic rings. The van der Waals surface area contributed by atoms with Gasteiger partial charge >= 0.3 is 49.6 Å². The average Bonchev–Trinajstić information content (AvgIpc) is 2.08. The molecule has 0 aromatic heterocycles. The van der Waals surface area contributed by atoms with Gasteiger partial charge in [-0.05, 0) is 5.56 Å². The van der Waals surface area contributed by atoms with Gasteiger partial charge in [0.2, 0.25) is 0 Å². The summed E-state index contributed by atoms with van der Waals surface area (Å²) in [6, 6.07) is 9.95. The Labute approximate surface area is 103 Å². The summed E-state index contributed by atoms with van der Waals surface area (Å²) in [6.45, 7) is 0.598. The molecule has 1 aromatic carbocycles. The molecule has 63 valence electrons. The number of hydrogen-bond donors (Lipinski definition) is 0. The Hall–Kier alpha value is 1.26. The van der Waals surface area contributed by atoms with Crippen molar-refractivity contribution in [2.24, 2.45) is 0 Å². The normalized spacial score (nSPS) is 7.92. The summed E-state index contributed by atoms with van der Waals surface area (Å²) in [4.78, 5) is 0. The van der Waals surface area contributed by atoms with E-state index in [-0.39, 0.29) is 10.1 Å². The third-order valence-electron chi connectivity index (χ3n) is 1.11. The van der Waals surface area contributed by atoms with Gasteiger partial charge in [-0.2, -0.15) is 0 Å². The fourth-order valence-electron chi connectivity index (χ4n) is 0.692. The van der Waals surface area contributed by atoms with Gasteiger partial charge in [-0.3, -0.25) is 0 Å². The Morgan fingerprint density at radius 3 is 2.17 bits per heavy atom. The Morgan fingerprint density at radius 2 is 1.75 bits per heavy atom. The number of rotatable bonds is 2. The zero-order chi connectivity index (χ0) is 9.23. The van der Waals surface area contributed by atoms with Crippen LogP contribution < -0.4 is 0 Å². The summed E-state index contributed by atoms with van der Waals surface area (Å²) < 4.78 is 4.68. The van der Waals surface area contributed by atoms with Gasteiger partial charge in [0.25, 0.3) is 0 Å². The molecule has 0 aliphatic carbocycles.